The first-order valence-corrected chi connectivity index (χ1v) is 9.17. The second-order valence-electron chi connectivity index (χ2n) is 6.86. The van der Waals surface area contributed by atoms with Gasteiger partial charge in [-0.05, 0) is 37.5 Å². The largest absolute Gasteiger partial charge is 0.356 e. The SMILES string of the molecule is O=C(NCCCc1nc2ccccc2n1Cc1ccccc1F)C1CC1. The van der Waals surface area contributed by atoms with E-state index in [0.29, 0.717) is 18.7 Å². The Hall–Kier alpha value is -2.69. The van der Waals surface area contributed by atoms with Crippen LogP contribution in [0.2, 0.25) is 0 Å². The van der Waals surface area contributed by atoms with Crippen molar-refractivity contribution >= 4 is 16.9 Å². The molecule has 0 unspecified atom stereocenters. The number of aromatic nitrogens is 2. The molecule has 1 saturated carbocycles. The first kappa shape index (κ1) is 16.8. The Morgan fingerprint density at radius 2 is 1.92 bits per heavy atom. The van der Waals surface area contributed by atoms with Crippen molar-refractivity contribution in [1.82, 2.24) is 14.9 Å². The molecule has 0 aliphatic heterocycles. The minimum absolute atomic E-state index is 0.171. The molecule has 0 bridgehead atoms. The van der Waals surface area contributed by atoms with Gasteiger partial charge in [-0.2, -0.15) is 0 Å². The van der Waals surface area contributed by atoms with Gasteiger partial charge in [-0.1, -0.05) is 30.3 Å². The highest BCUT2D eigenvalue weighted by Gasteiger charge is 2.29. The lowest BCUT2D eigenvalue weighted by molar-refractivity contribution is -0.122. The summed E-state index contributed by atoms with van der Waals surface area (Å²) in [6, 6.07) is 14.8. The van der Waals surface area contributed by atoms with Gasteiger partial charge < -0.3 is 9.88 Å². The monoisotopic (exact) mass is 351 g/mol. The van der Waals surface area contributed by atoms with E-state index in [-0.39, 0.29) is 17.6 Å². The van der Waals surface area contributed by atoms with E-state index < -0.39 is 0 Å². The lowest BCUT2D eigenvalue weighted by atomic mass is 10.2. The summed E-state index contributed by atoms with van der Waals surface area (Å²) in [6.45, 7) is 1.11. The molecule has 5 heteroatoms. The summed E-state index contributed by atoms with van der Waals surface area (Å²) in [7, 11) is 0. The summed E-state index contributed by atoms with van der Waals surface area (Å²) in [6.07, 6.45) is 3.60. The van der Waals surface area contributed by atoms with Gasteiger partial charge in [0.15, 0.2) is 0 Å². The van der Waals surface area contributed by atoms with E-state index >= 15 is 0 Å². The number of rotatable bonds is 7. The quantitative estimate of drug-likeness (QED) is 0.660. The fourth-order valence-corrected chi connectivity index (χ4v) is 3.24. The van der Waals surface area contributed by atoms with Crippen LogP contribution in [0.25, 0.3) is 11.0 Å². The van der Waals surface area contributed by atoms with E-state index in [0.717, 1.165) is 42.5 Å². The smallest absolute Gasteiger partial charge is 0.223 e. The Kier molecular flexibility index (Phi) is 4.69. The van der Waals surface area contributed by atoms with E-state index in [1.165, 1.54) is 6.07 Å². The normalized spacial score (nSPS) is 13.9. The van der Waals surface area contributed by atoms with Gasteiger partial charge in [0.2, 0.25) is 5.91 Å². The van der Waals surface area contributed by atoms with Crippen molar-refractivity contribution in [3.63, 3.8) is 0 Å². The third kappa shape index (κ3) is 3.62. The summed E-state index contributed by atoms with van der Waals surface area (Å²) in [4.78, 5) is 16.5. The number of aryl methyl sites for hydroxylation is 1. The summed E-state index contributed by atoms with van der Waals surface area (Å²) in [5.74, 6) is 1.13. The zero-order chi connectivity index (χ0) is 17.9. The van der Waals surface area contributed by atoms with Crippen molar-refractivity contribution in [2.75, 3.05) is 6.54 Å². The molecule has 26 heavy (non-hydrogen) atoms. The number of carbonyl (C=O) groups is 1. The van der Waals surface area contributed by atoms with Crippen LogP contribution < -0.4 is 5.32 Å². The van der Waals surface area contributed by atoms with Crippen LogP contribution in [0.3, 0.4) is 0 Å². The van der Waals surface area contributed by atoms with E-state index in [2.05, 4.69) is 9.88 Å². The Labute approximate surface area is 152 Å². The summed E-state index contributed by atoms with van der Waals surface area (Å²) in [5, 5.41) is 2.99. The van der Waals surface area contributed by atoms with Gasteiger partial charge in [0.25, 0.3) is 0 Å². The van der Waals surface area contributed by atoms with Crippen LogP contribution in [0.1, 0.15) is 30.7 Å². The molecular weight excluding hydrogens is 329 g/mol. The second kappa shape index (κ2) is 7.28. The maximum absolute atomic E-state index is 14.1. The predicted molar refractivity (Wildman–Crippen MR) is 99.3 cm³/mol. The summed E-state index contributed by atoms with van der Waals surface area (Å²) in [5.41, 5.74) is 2.58. The van der Waals surface area contributed by atoms with Gasteiger partial charge in [-0.25, -0.2) is 9.37 Å². The molecule has 1 amide bonds. The number of hydrogen-bond donors (Lipinski definition) is 1. The van der Waals surface area contributed by atoms with Crippen LogP contribution in [-0.2, 0) is 17.8 Å². The van der Waals surface area contributed by atoms with Gasteiger partial charge in [0.1, 0.15) is 11.6 Å². The molecule has 1 heterocycles. The van der Waals surface area contributed by atoms with Gasteiger partial charge in [0.05, 0.1) is 17.6 Å². The van der Waals surface area contributed by atoms with Crippen LogP contribution in [0.4, 0.5) is 4.39 Å². The van der Waals surface area contributed by atoms with E-state index in [4.69, 9.17) is 4.98 Å². The number of halogens is 1. The van der Waals surface area contributed by atoms with E-state index in [1.807, 2.05) is 36.4 Å². The zero-order valence-electron chi connectivity index (χ0n) is 14.6. The molecule has 1 aliphatic carbocycles. The molecule has 2 aromatic carbocycles. The Bertz CT molecular complexity index is 930. The van der Waals surface area contributed by atoms with Gasteiger partial charge >= 0.3 is 0 Å². The predicted octanol–water partition coefficient (Wildman–Crippen LogP) is 3.68. The fourth-order valence-electron chi connectivity index (χ4n) is 3.24. The highest BCUT2D eigenvalue weighted by atomic mass is 19.1. The van der Waals surface area contributed by atoms with Crippen molar-refractivity contribution in [3.05, 3.63) is 65.7 Å². The molecule has 3 aromatic rings. The van der Waals surface area contributed by atoms with Gasteiger partial charge in [-0.15, -0.1) is 0 Å². The molecule has 1 aliphatic rings. The number of hydrogen-bond acceptors (Lipinski definition) is 2. The lowest BCUT2D eigenvalue weighted by Crippen LogP contribution is -2.26. The van der Waals surface area contributed by atoms with Crippen molar-refractivity contribution in [3.8, 4) is 0 Å². The number of para-hydroxylation sites is 2. The molecular formula is C21H22FN3O. The van der Waals surface area contributed by atoms with E-state index in [1.54, 1.807) is 6.07 Å². The summed E-state index contributed by atoms with van der Waals surface area (Å²) >= 11 is 0. The standard InChI is InChI=1S/C21H22FN3O/c22-17-7-2-1-6-16(17)14-25-19-9-4-3-8-18(19)24-20(25)10-5-13-23-21(26)15-11-12-15/h1-4,6-9,15H,5,10-14H2,(H,23,26). The Morgan fingerprint density at radius 1 is 1.15 bits per heavy atom. The average Bonchev–Trinajstić information content (AvgIpc) is 3.44. The molecule has 0 spiro atoms. The molecule has 0 radical (unpaired) electrons. The second-order valence-corrected chi connectivity index (χ2v) is 6.86. The molecule has 4 rings (SSSR count). The number of benzene rings is 2. The van der Waals surface area contributed by atoms with Crippen LogP contribution in [-0.4, -0.2) is 22.0 Å². The third-order valence-electron chi connectivity index (χ3n) is 4.84. The summed E-state index contributed by atoms with van der Waals surface area (Å²) < 4.78 is 16.2. The van der Waals surface area contributed by atoms with Crippen molar-refractivity contribution < 1.29 is 9.18 Å². The first-order valence-electron chi connectivity index (χ1n) is 9.17. The van der Waals surface area contributed by atoms with Crippen LogP contribution in [0.15, 0.2) is 48.5 Å². The molecule has 1 aromatic heterocycles. The van der Waals surface area contributed by atoms with Gasteiger partial charge in [0, 0.05) is 24.4 Å². The molecule has 1 N–H and O–H groups in total. The number of fused-ring (bicyclic) bond motifs is 1. The van der Waals surface area contributed by atoms with Crippen molar-refractivity contribution in [2.45, 2.75) is 32.2 Å². The Morgan fingerprint density at radius 3 is 2.73 bits per heavy atom. The number of nitrogens with one attached hydrogen (secondary N) is 1. The average molecular weight is 351 g/mol. The Balaban J connectivity index is 1.51. The molecule has 1 fully saturated rings. The molecule has 0 saturated heterocycles. The fraction of sp³-hybridized carbons (Fsp3) is 0.333. The number of carbonyl (C=O) groups excluding carboxylic acids is 1. The maximum Gasteiger partial charge on any atom is 0.223 e. The zero-order valence-corrected chi connectivity index (χ0v) is 14.6. The highest BCUT2D eigenvalue weighted by Crippen LogP contribution is 2.28. The lowest BCUT2D eigenvalue weighted by Gasteiger charge is -2.10. The third-order valence-corrected chi connectivity index (χ3v) is 4.84. The number of amides is 1. The van der Waals surface area contributed by atoms with Crippen LogP contribution in [0, 0.1) is 11.7 Å². The topological polar surface area (TPSA) is 46.9 Å². The van der Waals surface area contributed by atoms with Gasteiger partial charge in [-0.3, -0.25) is 4.79 Å². The minimum atomic E-state index is -0.201. The number of nitrogens with zero attached hydrogens (tertiary/aromatic N) is 2. The number of imidazole rings is 1. The van der Waals surface area contributed by atoms with Crippen molar-refractivity contribution in [1.29, 1.82) is 0 Å². The molecule has 0 atom stereocenters. The maximum atomic E-state index is 14.1. The van der Waals surface area contributed by atoms with Crippen LogP contribution >= 0.6 is 0 Å². The van der Waals surface area contributed by atoms with Crippen LogP contribution in [0.5, 0.6) is 0 Å². The van der Waals surface area contributed by atoms with E-state index in [9.17, 15) is 9.18 Å². The molecule has 4 nitrogen and oxygen atoms in total. The first-order chi connectivity index (χ1) is 12.7. The minimum Gasteiger partial charge on any atom is -0.356 e. The highest BCUT2D eigenvalue weighted by molar-refractivity contribution is 5.80. The van der Waals surface area contributed by atoms with Crippen molar-refractivity contribution in [2.24, 2.45) is 5.92 Å². The molecule has 134 valence electrons.